The highest BCUT2D eigenvalue weighted by molar-refractivity contribution is 6.27. The Bertz CT molecular complexity index is 6840. The lowest BCUT2D eigenvalue weighted by molar-refractivity contribution is 0.748. The molecule has 0 fully saturated rings. The molecule has 0 amide bonds. The summed E-state index contributed by atoms with van der Waals surface area (Å²) in [6.45, 7) is 0. The highest BCUT2D eigenvalue weighted by atomic mass is 15.1. The van der Waals surface area contributed by atoms with Gasteiger partial charge in [0.2, 0.25) is 0 Å². The molecule has 20 aromatic rings. The molecule has 1 N–H and O–H groups in total. The standard InChI is InChI=1S/C67H42N2.C36H25N/c1-2-17-43(18-3-1)44-33-35-45(36-34-44)48-19-9-13-30-63(48)68(46-37-39-53-51-22-5-4-20-49(51)50-21-6-7-23-52(50)58(53)41-46)47-38-40-55-54-24-8-11-27-59(54)67(62(55)42-47)60-28-12-15-32-65(60)69-64-31-14-10-25-56(64)57-26-16-29-61(67)66(57)69;1-2-10-25(11-3-1)26-18-20-27(21-19-26)29-12-8-9-17-36(29)37-28-22-23-34-32-15-5-4-13-30(32)31-14-6-7-16-33(31)35(34)24-28/h1-42H;1-24,37H. The lowest BCUT2D eigenvalue weighted by atomic mass is 9.65. The van der Waals surface area contributed by atoms with Crippen molar-refractivity contribution in [2.45, 2.75) is 5.41 Å². The molecule has 0 saturated heterocycles. The summed E-state index contributed by atoms with van der Waals surface area (Å²) in [5.74, 6) is 0. The first-order chi connectivity index (χ1) is 52.6. The fraction of sp³-hybridized carbons (Fsp3) is 0.00971. The van der Waals surface area contributed by atoms with E-state index in [1.807, 2.05) is 0 Å². The smallest absolute Gasteiger partial charge is 0.0755 e. The summed E-state index contributed by atoms with van der Waals surface area (Å²) in [5, 5.41) is 21.6. The molecular weight excluding hydrogens is 1280 g/mol. The van der Waals surface area contributed by atoms with Gasteiger partial charge < -0.3 is 14.8 Å². The predicted octanol–water partition coefficient (Wildman–Crippen LogP) is 27.9. The number of benzene rings is 19. The van der Waals surface area contributed by atoms with Crippen LogP contribution in [-0.4, -0.2) is 4.57 Å². The van der Waals surface area contributed by atoms with E-state index in [0.29, 0.717) is 0 Å². The zero-order chi connectivity index (χ0) is 69.8. The second-order valence-electron chi connectivity index (χ2n) is 28.2. The third-order valence-electron chi connectivity index (χ3n) is 22.6. The van der Waals surface area contributed by atoms with Crippen molar-refractivity contribution in [1.29, 1.82) is 0 Å². The minimum absolute atomic E-state index is 0.584. The van der Waals surface area contributed by atoms with Crippen molar-refractivity contribution in [3.05, 3.63) is 423 Å². The van der Waals surface area contributed by atoms with Crippen molar-refractivity contribution in [3.63, 3.8) is 0 Å². The van der Waals surface area contributed by atoms with Gasteiger partial charge in [-0.15, -0.1) is 0 Å². The Morgan fingerprint density at radius 1 is 0.226 bits per heavy atom. The van der Waals surface area contributed by atoms with Crippen LogP contribution in [0.15, 0.2) is 400 Å². The summed E-state index contributed by atoms with van der Waals surface area (Å²) in [6.07, 6.45) is 0. The van der Waals surface area contributed by atoms with Crippen LogP contribution in [0, 0.1) is 0 Å². The summed E-state index contributed by atoms with van der Waals surface area (Å²) >= 11 is 0. The Morgan fingerprint density at radius 2 is 0.632 bits per heavy atom. The number of fused-ring (bicyclic) bond motifs is 24. The van der Waals surface area contributed by atoms with Gasteiger partial charge in [0.15, 0.2) is 0 Å². The van der Waals surface area contributed by atoms with Crippen molar-refractivity contribution in [2.24, 2.45) is 0 Å². The third kappa shape index (κ3) is 9.53. The minimum Gasteiger partial charge on any atom is -0.355 e. The van der Waals surface area contributed by atoms with E-state index in [1.165, 1.54) is 164 Å². The summed E-state index contributed by atoms with van der Waals surface area (Å²) in [7, 11) is 0. The summed E-state index contributed by atoms with van der Waals surface area (Å²) in [6, 6.07) is 147. The molecule has 1 aliphatic heterocycles. The molecule has 3 heteroatoms. The molecule has 1 aliphatic carbocycles. The number of para-hydroxylation sites is 5. The van der Waals surface area contributed by atoms with Crippen molar-refractivity contribution < 1.29 is 0 Å². The molecule has 19 aromatic carbocycles. The molecular formula is C103H67N3. The molecule has 22 rings (SSSR count). The quantitative estimate of drug-likeness (QED) is 0.145. The Morgan fingerprint density at radius 3 is 1.25 bits per heavy atom. The molecule has 1 atom stereocenters. The van der Waals surface area contributed by atoms with E-state index >= 15 is 0 Å². The van der Waals surface area contributed by atoms with E-state index in [4.69, 9.17) is 0 Å². The lowest BCUT2D eigenvalue weighted by Gasteiger charge is -2.40. The fourth-order valence-electron chi connectivity index (χ4n) is 18.0. The van der Waals surface area contributed by atoms with Crippen LogP contribution in [0.2, 0.25) is 0 Å². The van der Waals surface area contributed by atoms with Crippen LogP contribution >= 0.6 is 0 Å². The number of anilines is 5. The van der Waals surface area contributed by atoms with Crippen LogP contribution < -0.4 is 10.2 Å². The average molecular weight is 1350 g/mol. The molecule has 1 spiro atoms. The average Bonchev–Trinajstić information content (AvgIpc) is 1.49. The maximum atomic E-state index is 3.72. The molecule has 2 aliphatic rings. The van der Waals surface area contributed by atoms with Gasteiger partial charge in [0.1, 0.15) is 0 Å². The van der Waals surface area contributed by atoms with E-state index in [2.05, 4.69) is 415 Å². The second kappa shape index (κ2) is 24.7. The molecule has 0 radical (unpaired) electrons. The highest BCUT2D eigenvalue weighted by Crippen LogP contribution is 2.62. The molecule has 1 unspecified atom stereocenters. The fourth-order valence-corrected chi connectivity index (χ4v) is 18.0. The van der Waals surface area contributed by atoms with Gasteiger partial charge in [0, 0.05) is 44.6 Å². The number of hydrogen-bond donors (Lipinski definition) is 1. The molecule has 494 valence electrons. The number of hydrogen-bond acceptors (Lipinski definition) is 2. The predicted molar refractivity (Wildman–Crippen MR) is 449 cm³/mol. The minimum atomic E-state index is -0.584. The molecule has 106 heavy (non-hydrogen) atoms. The zero-order valence-electron chi connectivity index (χ0n) is 58.0. The zero-order valence-corrected chi connectivity index (χ0v) is 58.0. The van der Waals surface area contributed by atoms with Crippen molar-refractivity contribution in [3.8, 4) is 61.3 Å². The second-order valence-corrected chi connectivity index (χ2v) is 28.2. The maximum absolute atomic E-state index is 3.72. The normalized spacial score (nSPS) is 13.3. The SMILES string of the molecule is c1ccc(-c2ccc(-c3ccccc3N(c3ccc4c(c3)C3(c5ccccc5-4)c4ccccc4-n4c5ccccc5c5cccc3c54)c3ccc4c5ccccc5c5ccccc5c4c3)cc2)cc1.c1ccc(-c2ccc(-c3ccccc3Nc3ccc4c5ccccc5c5ccccc5c4c3)cc2)cc1. The van der Waals surface area contributed by atoms with Crippen LogP contribution in [0.3, 0.4) is 0 Å². The van der Waals surface area contributed by atoms with Gasteiger partial charge in [-0.1, -0.05) is 340 Å². The van der Waals surface area contributed by atoms with Gasteiger partial charge >= 0.3 is 0 Å². The molecule has 2 heterocycles. The first-order valence-electron chi connectivity index (χ1n) is 36.7. The van der Waals surface area contributed by atoms with Gasteiger partial charge in [0.05, 0.1) is 27.8 Å². The molecule has 0 saturated carbocycles. The first-order valence-corrected chi connectivity index (χ1v) is 36.7. The molecule has 0 bridgehead atoms. The number of rotatable bonds is 9. The maximum Gasteiger partial charge on any atom is 0.0755 e. The van der Waals surface area contributed by atoms with E-state index in [1.54, 1.807) is 0 Å². The van der Waals surface area contributed by atoms with Crippen LogP contribution in [-0.2, 0) is 5.41 Å². The van der Waals surface area contributed by atoms with Crippen LogP contribution in [0.25, 0.3) is 148 Å². The van der Waals surface area contributed by atoms with Crippen molar-refractivity contribution >= 4 is 115 Å². The van der Waals surface area contributed by atoms with Crippen molar-refractivity contribution in [1.82, 2.24) is 4.57 Å². The summed E-state index contributed by atoms with van der Waals surface area (Å²) < 4.78 is 2.53. The Hall–Kier alpha value is -13.9. The van der Waals surface area contributed by atoms with Gasteiger partial charge in [-0.05, 0) is 192 Å². The van der Waals surface area contributed by atoms with E-state index in [-0.39, 0.29) is 0 Å². The number of nitrogens with one attached hydrogen (secondary N) is 1. The Labute approximate surface area is 615 Å². The topological polar surface area (TPSA) is 20.2 Å². The first kappa shape index (κ1) is 60.9. The Balaban J connectivity index is 0.000000164. The highest BCUT2D eigenvalue weighted by Gasteiger charge is 2.51. The van der Waals surface area contributed by atoms with Crippen LogP contribution in [0.5, 0.6) is 0 Å². The monoisotopic (exact) mass is 1350 g/mol. The van der Waals surface area contributed by atoms with E-state index < -0.39 is 5.41 Å². The number of aromatic nitrogens is 1. The summed E-state index contributed by atoms with van der Waals surface area (Å²) in [4.78, 5) is 2.52. The van der Waals surface area contributed by atoms with Crippen LogP contribution in [0.1, 0.15) is 22.3 Å². The number of nitrogens with zero attached hydrogens (tertiary/aromatic N) is 2. The van der Waals surface area contributed by atoms with Gasteiger partial charge in [-0.3, -0.25) is 0 Å². The Kier molecular flexibility index (Phi) is 14.2. The van der Waals surface area contributed by atoms with Crippen LogP contribution in [0.4, 0.5) is 28.4 Å². The van der Waals surface area contributed by atoms with E-state index in [0.717, 1.165) is 34.0 Å². The van der Waals surface area contributed by atoms with Gasteiger partial charge in [0.25, 0.3) is 0 Å². The van der Waals surface area contributed by atoms with Gasteiger partial charge in [-0.25, -0.2) is 0 Å². The molecule has 3 nitrogen and oxygen atoms in total. The third-order valence-corrected chi connectivity index (χ3v) is 22.6. The summed E-state index contributed by atoms with van der Waals surface area (Å²) in [5.41, 5.74) is 26.0. The van der Waals surface area contributed by atoms with Gasteiger partial charge in [-0.2, -0.15) is 0 Å². The van der Waals surface area contributed by atoms with E-state index in [9.17, 15) is 0 Å². The largest absolute Gasteiger partial charge is 0.355 e. The van der Waals surface area contributed by atoms with Crippen molar-refractivity contribution in [2.75, 3.05) is 10.2 Å². The molecule has 1 aromatic heterocycles. The lowest BCUT2D eigenvalue weighted by Crippen LogP contribution is -2.33.